The van der Waals surface area contributed by atoms with Gasteiger partial charge in [0, 0.05) is 18.1 Å². The van der Waals surface area contributed by atoms with Crippen LogP contribution in [0.1, 0.15) is 21.5 Å². The van der Waals surface area contributed by atoms with Crippen LogP contribution in [-0.4, -0.2) is 17.9 Å². The van der Waals surface area contributed by atoms with Crippen LogP contribution in [0.2, 0.25) is 5.02 Å². The van der Waals surface area contributed by atoms with Crippen molar-refractivity contribution in [1.29, 1.82) is 5.26 Å². The molecule has 0 atom stereocenters. The number of benzene rings is 2. The highest BCUT2D eigenvalue weighted by atomic mass is 79.9. The van der Waals surface area contributed by atoms with Gasteiger partial charge in [-0.25, -0.2) is 0 Å². The summed E-state index contributed by atoms with van der Waals surface area (Å²) in [6, 6.07) is 14.4. The molecular formula is C16H12BrClN2O. The third-order valence-corrected chi connectivity index (χ3v) is 3.79. The Morgan fingerprint density at radius 3 is 2.76 bits per heavy atom. The Morgan fingerprint density at radius 1 is 1.33 bits per heavy atom. The van der Waals surface area contributed by atoms with Gasteiger partial charge in [0.2, 0.25) is 0 Å². The first-order chi connectivity index (χ1) is 10.0. The van der Waals surface area contributed by atoms with Crippen LogP contribution in [0.25, 0.3) is 0 Å². The van der Waals surface area contributed by atoms with Crippen molar-refractivity contribution in [3.05, 3.63) is 68.7 Å². The van der Waals surface area contributed by atoms with E-state index in [1.807, 2.05) is 6.07 Å². The fourth-order valence-electron chi connectivity index (χ4n) is 1.95. The van der Waals surface area contributed by atoms with Gasteiger partial charge >= 0.3 is 0 Å². The quantitative estimate of drug-likeness (QED) is 0.818. The topological polar surface area (TPSA) is 44.1 Å². The molecule has 106 valence electrons. The molecule has 0 saturated carbocycles. The number of hydrogen-bond donors (Lipinski definition) is 0. The SMILES string of the molecule is CN(Cc1cccc(C#N)c1)C(=O)c1ccc(Br)cc1Cl. The summed E-state index contributed by atoms with van der Waals surface area (Å²) in [5.41, 5.74) is 1.94. The van der Waals surface area contributed by atoms with Gasteiger partial charge in [0.25, 0.3) is 5.91 Å². The van der Waals surface area contributed by atoms with Crippen molar-refractivity contribution in [1.82, 2.24) is 4.90 Å². The summed E-state index contributed by atoms with van der Waals surface area (Å²) >= 11 is 9.41. The molecule has 0 unspecified atom stereocenters. The summed E-state index contributed by atoms with van der Waals surface area (Å²) in [5, 5.41) is 9.30. The average molecular weight is 364 g/mol. The van der Waals surface area contributed by atoms with Crippen molar-refractivity contribution in [2.24, 2.45) is 0 Å². The Bertz CT molecular complexity index is 724. The number of amides is 1. The van der Waals surface area contributed by atoms with E-state index in [2.05, 4.69) is 22.0 Å². The van der Waals surface area contributed by atoms with E-state index in [0.29, 0.717) is 22.7 Å². The minimum absolute atomic E-state index is 0.158. The number of rotatable bonds is 3. The minimum atomic E-state index is -0.158. The molecule has 0 aromatic heterocycles. The van der Waals surface area contributed by atoms with Crippen molar-refractivity contribution in [2.45, 2.75) is 6.54 Å². The van der Waals surface area contributed by atoms with Crippen molar-refractivity contribution < 1.29 is 4.79 Å². The zero-order valence-corrected chi connectivity index (χ0v) is 13.6. The molecule has 0 spiro atoms. The molecule has 0 N–H and O–H groups in total. The first-order valence-electron chi connectivity index (χ1n) is 6.21. The van der Waals surface area contributed by atoms with Gasteiger partial charge < -0.3 is 4.90 Å². The van der Waals surface area contributed by atoms with Crippen LogP contribution in [0.15, 0.2) is 46.9 Å². The van der Waals surface area contributed by atoms with Crippen LogP contribution in [0.3, 0.4) is 0 Å². The monoisotopic (exact) mass is 362 g/mol. The lowest BCUT2D eigenvalue weighted by Crippen LogP contribution is -2.26. The molecule has 0 radical (unpaired) electrons. The van der Waals surface area contributed by atoms with E-state index in [4.69, 9.17) is 16.9 Å². The van der Waals surface area contributed by atoms with Gasteiger partial charge in [-0.3, -0.25) is 4.79 Å². The number of nitriles is 1. The number of nitrogens with zero attached hydrogens (tertiary/aromatic N) is 2. The fraction of sp³-hybridized carbons (Fsp3) is 0.125. The van der Waals surface area contributed by atoms with Crippen LogP contribution >= 0.6 is 27.5 Å². The van der Waals surface area contributed by atoms with Crippen LogP contribution in [-0.2, 0) is 6.54 Å². The second-order valence-corrected chi connectivity index (χ2v) is 5.92. The molecular weight excluding hydrogens is 352 g/mol. The molecule has 0 bridgehead atoms. The first-order valence-corrected chi connectivity index (χ1v) is 7.38. The summed E-state index contributed by atoms with van der Waals surface area (Å²) in [6.45, 7) is 0.417. The summed E-state index contributed by atoms with van der Waals surface area (Å²) in [6.07, 6.45) is 0. The Balaban J connectivity index is 2.17. The van der Waals surface area contributed by atoms with E-state index in [-0.39, 0.29) is 5.91 Å². The summed E-state index contributed by atoms with van der Waals surface area (Å²) in [7, 11) is 1.71. The molecule has 21 heavy (non-hydrogen) atoms. The van der Waals surface area contributed by atoms with E-state index in [9.17, 15) is 4.79 Å². The second kappa shape index (κ2) is 6.75. The van der Waals surface area contributed by atoms with Crippen LogP contribution in [0, 0.1) is 11.3 Å². The highest BCUT2D eigenvalue weighted by Gasteiger charge is 2.15. The number of hydrogen-bond acceptors (Lipinski definition) is 2. The maximum Gasteiger partial charge on any atom is 0.255 e. The zero-order chi connectivity index (χ0) is 15.4. The normalized spacial score (nSPS) is 10.0. The molecule has 1 amide bonds. The largest absolute Gasteiger partial charge is 0.337 e. The molecule has 2 aromatic carbocycles. The highest BCUT2D eigenvalue weighted by molar-refractivity contribution is 9.10. The molecule has 2 rings (SSSR count). The lowest BCUT2D eigenvalue weighted by Gasteiger charge is -2.18. The molecule has 0 aliphatic heterocycles. The van der Waals surface area contributed by atoms with E-state index < -0.39 is 0 Å². The molecule has 0 aliphatic carbocycles. The van der Waals surface area contributed by atoms with Crippen molar-refractivity contribution >= 4 is 33.4 Å². The van der Waals surface area contributed by atoms with Crippen molar-refractivity contribution in [2.75, 3.05) is 7.05 Å². The van der Waals surface area contributed by atoms with Crippen LogP contribution in [0.4, 0.5) is 0 Å². The first kappa shape index (κ1) is 15.6. The fourth-order valence-corrected chi connectivity index (χ4v) is 2.71. The van der Waals surface area contributed by atoms with Gasteiger partial charge in [-0.15, -0.1) is 0 Å². The van der Waals surface area contributed by atoms with Gasteiger partial charge in [0.05, 0.1) is 22.2 Å². The van der Waals surface area contributed by atoms with Crippen molar-refractivity contribution in [3.8, 4) is 6.07 Å². The van der Waals surface area contributed by atoms with Crippen LogP contribution < -0.4 is 0 Å². The maximum absolute atomic E-state index is 12.4. The van der Waals surface area contributed by atoms with Gasteiger partial charge in [0.1, 0.15) is 0 Å². The molecule has 0 saturated heterocycles. The number of carbonyl (C=O) groups excluding carboxylic acids is 1. The molecule has 3 nitrogen and oxygen atoms in total. The Hall–Kier alpha value is -1.83. The third kappa shape index (κ3) is 3.84. The standard InChI is InChI=1S/C16H12BrClN2O/c1-20(10-12-4-2-3-11(7-12)9-19)16(21)14-6-5-13(17)8-15(14)18/h2-8H,10H2,1H3. The van der Waals surface area contributed by atoms with Gasteiger partial charge in [-0.1, -0.05) is 39.7 Å². The van der Waals surface area contributed by atoms with Gasteiger partial charge in [-0.2, -0.15) is 5.26 Å². The molecule has 5 heteroatoms. The maximum atomic E-state index is 12.4. The molecule has 0 aliphatic rings. The number of halogens is 2. The predicted molar refractivity (Wildman–Crippen MR) is 86.1 cm³/mol. The third-order valence-electron chi connectivity index (χ3n) is 2.98. The van der Waals surface area contributed by atoms with E-state index in [1.54, 1.807) is 48.3 Å². The molecule has 0 heterocycles. The minimum Gasteiger partial charge on any atom is -0.337 e. The Kier molecular flexibility index (Phi) is 5.00. The van der Waals surface area contributed by atoms with E-state index in [0.717, 1.165) is 10.0 Å². The summed E-state index contributed by atoms with van der Waals surface area (Å²) in [5.74, 6) is -0.158. The summed E-state index contributed by atoms with van der Waals surface area (Å²) in [4.78, 5) is 14.0. The van der Waals surface area contributed by atoms with E-state index >= 15 is 0 Å². The van der Waals surface area contributed by atoms with Crippen LogP contribution in [0.5, 0.6) is 0 Å². The molecule has 0 fully saturated rings. The smallest absolute Gasteiger partial charge is 0.255 e. The lowest BCUT2D eigenvalue weighted by atomic mass is 10.1. The number of carbonyl (C=O) groups is 1. The zero-order valence-electron chi connectivity index (χ0n) is 11.3. The lowest BCUT2D eigenvalue weighted by molar-refractivity contribution is 0.0785. The van der Waals surface area contributed by atoms with Gasteiger partial charge in [-0.05, 0) is 35.9 Å². The van der Waals surface area contributed by atoms with Crippen molar-refractivity contribution in [3.63, 3.8) is 0 Å². The highest BCUT2D eigenvalue weighted by Crippen LogP contribution is 2.23. The second-order valence-electron chi connectivity index (χ2n) is 4.60. The average Bonchev–Trinajstić information content (AvgIpc) is 2.46. The summed E-state index contributed by atoms with van der Waals surface area (Å²) < 4.78 is 0.827. The Labute approximate surface area is 136 Å². The molecule has 2 aromatic rings. The van der Waals surface area contributed by atoms with E-state index in [1.165, 1.54) is 0 Å². The Morgan fingerprint density at radius 2 is 2.10 bits per heavy atom. The predicted octanol–water partition coefficient (Wildman–Crippen LogP) is 4.25. The van der Waals surface area contributed by atoms with Gasteiger partial charge in [0.15, 0.2) is 0 Å².